The normalized spacial score (nSPS) is 10.8. The zero-order chi connectivity index (χ0) is 20.6. The Kier molecular flexibility index (Phi) is 7.38. The van der Waals surface area contributed by atoms with Gasteiger partial charge < -0.3 is 15.1 Å². The molecule has 0 radical (unpaired) electrons. The molecule has 3 aromatic rings. The zero-order valence-electron chi connectivity index (χ0n) is 16.7. The quantitative estimate of drug-likeness (QED) is 0.510. The molecule has 5 nitrogen and oxygen atoms in total. The number of amides is 1. The molecule has 1 amide bonds. The zero-order valence-corrected chi connectivity index (χ0v) is 18.3. The van der Waals surface area contributed by atoms with Crippen LogP contribution in [0.15, 0.2) is 77.4 Å². The van der Waals surface area contributed by atoms with Crippen molar-refractivity contribution in [3.05, 3.63) is 83.0 Å². The third kappa shape index (κ3) is 5.65. The second-order valence-electron chi connectivity index (χ2n) is 6.95. The number of para-hydroxylation sites is 1. The molecule has 0 fully saturated rings. The average Bonchev–Trinajstić information content (AvgIpc) is 2.72. The van der Waals surface area contributed by atoms with Crippen LogP contribution in [-0.4, -0.2) is 43.0 Å². The summed E-state index contributed by atoms with van der Waals surface area (Å²) < 4.78 is 0.758. The van der Waals surface area contributed by atoms with Crippen LogP contribution in [0.4, 0.5) is 17.2 Å². The van der Waals surface area contributed by atoms with Gasteiger partial charge in [0.2, 0.25) is 0 Å². The predicted octanol–water partition coefficient (Wildman–Crippen LogP) is 5.19. The molecule has 0 saturated carbocycles. The number of carbonyl (C=O) groups excluding carboxylic acids is 1. The monoisotopic (exact) mass is 452 g/mol. The lowest BCUT2D eigenvalue weighted by molar-refractivity contribution is 0.102. The maximum Gasteiger partial charge on any atom is 0.256 e. The molecule has 0 aliphatic carbocycles. The van der Waals surface area contributed by atoms with E-state index in [0.29, 0.717) is 11.3 Å². The molecule has 0 aliphatic heterocycles. The van der Waals surface area contributed by atoms with Gasteiger partial charge in [-0.25, -0.2) is 4.98 Å². The molecule has 3 rings (SSSR count). The Morgan fingerprint density at radius 2 is 1.69 bits per heavy atom. The lowest BCUT2D eigenvalue weighted by Gasteiger charge is -2.26. The summed E-state index contributed by atoms with van der Waals surface area (Å²) in [5.74, 6) is 0.561. The molecule has 0 unspecified atom stereocenters. The summed E-state index contributed by atoms with van der Waals surface area (Å²) in [6.07, 6.45) is 2.72. The Morgan fingerprint density at radius 1 is 0.966 bits per heavy atom. The van der Waals surface area contributed by atoms with E-state index in [4.69, 9.17) is 0 Å². The van der Waals surface area contributed by atoms with E-state index in [0.717, 1.165) is 35.5 Å². The highest BCUT2D eigenvalue weighted by atomic mass is 79.9. The lowest BCUT2D eigenvalue weighted by Crippen LogP contribution is -2.25. The molecule has 0 spiro atoms. The number of anilines is 3. The van der Waals surface area contributed by atoms with Crippen molar-refractivity contribution in [1.29, 1.82) is 0 Å². The first kappa shape index (κ1) is 21.0. The topological polar surface area (TPSA) is 48.5 Å². The number of nitrogens with zero attached hydrogens (tertiary/aromatic N) is 3. The van der Waals surface area contributed by atoms with Crippen LogP contribution in [0, 0.1) is 0 Å². The largest absolute Gasteiger partial charge is 0.325 e. The molecular formula is C23H25BrN4O. The molecule has 0 bridgehead atoms. The van der Waals surface area contributed by atoms with E-state index >= 15 is 0 Å². The summed E-state index contributed by atoms with van der Waals surface area (Å²) in [4.78, 5) is 21.8. The van der Waals surface area contributed by atoms with Crippen molar-refractivity contribution >= 4 is 39.0 Å². The number of nitrogens with one attached hydrogen (secondary N) is 1. The number of aromatic nitrogens is 1. The molecule has 6 heteroatoms. The van der Waals surface area contributed by atoms with Crippen molar-refractivity contribution < 1.29 is 4.79 Å². The van der Waals surface area contributed by atoms with Gasteiger partial charge in [0.1, 0.15) is 0 Å². The maximum absolute atomic E-state index is 12.9. The number of carbonyl (C=O) groups is 1. The minimum Gasteiger partial charge on any atom is -0.325 e. The summed E-state index contributed by atoms with van der Waals surface area (Å²) in [6.45, 7) is 1.76. The van der Waals surface area contributed by atoms with Crippen molar-refractivity contribution in [2.45, 2.75) is 6.42 Å². The molecule has 1 heterocycles. The highest BCUT2D eigenvalue weighted by Crippen LogP contribution is 2.30. The van der Waals surface area contributed by atoms with Gasteiger partial charge in [-0.2, -0.15) is 0 Å². The summed E-state index contributed by atoms with van der Waals surface area (Å²) in [6, 6.07) is 21.2. The van der Waals surface area contributed by atoms with Gasteiger partial charge in [0.15, 0.2) is 5.82 Å². The fourth-order valence-corrected chi connectivity index (χ4v) is 3.52. The number of benzene rings is 2. The van der Waals surface area contributed by atoms with E-state index in [1.165, 1.54) is 0 Å². The van der Waals surface area contributed by atoms with E-state index in [2.05, 4.69) is 62.3 Å². The number of hydrogen-bond donors (Lipinski definition) is 1. The van der Waals surface area contributed by atoms with Gasteiger partial charge in [0.05, 0.1) is 11.3 Å². The Bertz CT molecular complexity index is 946. The van der Waals surface area contributed by atoms with E-state index in [9.17, 15) is 4.79 Å². The molecule has 2 aromatic carbocycles. The van der Waals surface area contributed by atoms with E-state index in [1.807, 2.05) is 48.5 Å². The average molecular weight is 453 g/mol. The number of pyridine rings is 1. The first-order valence-electron chi connectivity index (χ1n) is 9.54. The standard InChI is InChI=1S/C23H25BrN4O/c1-27(2)16-9-17-28(18-10-4-3-5-11-18)22-21(14-8-15-25-22)26-23(29)19-12-6-7-13-20(19)24/h3-8,10-15H,9,16-17H2,1-2H3,(H,26,29). The summed E-state index contributed by atoms with van der Waals surface area (Å²) >= 11 is 3.45. The van der Waals surface area contributed by atoms with E-state index in [1.54, 1.807) is 12.3 Å². The number of rotatable bonds is 8. The van der Waals surface area contributed by atoms with Gasteiger partial charge in [-0.1, -0.05) is 30.3 Å². The van der Waals surface area contributed by atoms with Crippen molar-refractivity contribution in [2.24, 2.45) is 0 Å². The maximum atomic E-state index is 12.9. The Morgan fingerprint density at radius 3 is 2.41 bits per heavy atom. The molecule has 150 valence electrons. The molecule has 1 aromatic heterocycles. The van der Waals surface area contributed by atoms with Crippen LogP contribution in [0.25, 0.3) is 0 Å². The van der Waals surface area contributed by atoms with Crippen molar-refractivity contribution in [1.82, 2.24) is 9.88 Å². The third-order valence-electron chi connectivity index (χ3n) is 4.46. The Hall–Kier alpha value is -2.70. The van der Waals surface area contributed by atoms with Crippen LogP contribution in [0.1, 0.15) is 16.8 Å². The van der Waals surface area contributed by atoms with Gasteiger partial charge in [-0.05, 0) is 79.4 Å². The highest BCUT2D eigenvalue weighted by molar-refractivity contribution is 9.10. The predicted molar refractivity (Wildman–Crippen MR) is 123 cm³/mol. The van der Waals surface area contributed by atoms with Crippen molar-refractivity contribution in [3.63, 3.8) is 0 Å². The van der Waals surface area contributed by atoms with Crippen LogP contribution >= 0.6 is 15.9 Å². The molecule has 0 aliphatic rings. The number of halogens is 1. The van der Waals surface area contributed by atoms with Crippen LogP contribution in [-0.2, 0) is 0 Å². The second-order valence-corrected chi connectivity index (χ2v) is 7.81. The molecule has 0 atom stereocenters. The summed E-state index contributed by atoms with van der Waals surface area (Å²) in [5.41, 5.74) is 2.31. The van der Waals surface area contributed by atoms with Crippen LogP contribution in [0.3, 0.4) is 0 Å². The fourth-order valence-electron chi connectivity index (χ4n) is 3.05. The highest BCUT2D eigenvalue weighted by Gasteiger charge is 2.18. The second kappa shape index (κ2) is 10.2. The summed E-state index contributed by atoms with van der Waals surface area (Å²) in [5, 5.41) is 3.03. The smallest absolute Gasteiger partial charge is 0.256 e. The summed E-state index contributed by atoms with van der Waals surface area (Å²) in [7, 11) is 4.13. The molecular weight excluding hydrogens is 428 g/mol. The minimum atomic E-state index is -0.173. The van der Waals surface area contributed by atoms with Crippen molar-refractivity contribution in [2.75, 3.05) is 37.4 Å². The SMILES string of the molecule is CN(C)CCCN(c1ccccc1)c1ncccc1NC(=O)c1ccccc1Br. The number of hydrogen-bond acceptors (Lipinski definition) is 4. The first-order chi connectivity index (χ1) is 14.1. The third-order valence-corrected chi connectivity index (χ3v) is 5.16. The van der Waals surface area contributed by atoms with Gasteiger partial charge in [0, 0.05) is 22.9 Å². The van der Waals surface area contributed by atoms with Crippen molar-refractivity contribution in [3.8, 4) is 0 Å². The van der Waals surface area contributed by atoms with Gasteiger partial charge in [-0.15, -0.1) is 0 Å². The lowest BCUT2D eigenvalue weighted by atomic mass is 10.2. The molecule has 0 saturated heterocycles. The van der Waals surface area contributed by atoms with Gasteiger partial charge >= 0.3 is 0 Å². The first-order valence-corrected chi connectivity index (χ1v) is 10.3. The van der Waals surface area contributed by atoms with E-state index in [-0.39, 0.29) is 5.91 Å². The molecule has 29 heavy (non-hydrogen) atoms. The van der Waals surface area contributed by atoms with Gasteiger partial charge in [0.25, 0.3) is 5.91 Å². The van der Waals surface area contributed by atoms with Crippen LogP contribution in [0.2, 0.25) is 0 Å². The van der Waals surface area contributed by atoms with E-state index < -0.39 is 0 Å². The Labute approximate surface area is 180 Å². The van der Waals surface area contributed by atoms with Crippen LogP contribution in [0.5, 0.6) is 0 Å². The minimum absolute atomic E-state index is 0.173. The van der Waals surface area contributed by atoms with Crippen LogP contribution < -0.4 is 10.2 Å². The Balaban J connectivity index is 1.90. The van der Waals surface area contributed by atoms with Gasteiger partial charge in [-0.3, -0.25) is 4.79 Å². The fraction of sp³-hybridized carbons (Fsp3) is 0.217. The molecule has 1 N–H and O–H groups in total.